The Balaban J connectivity index is 2.60. The number of carbonyl (C=O) groups is 1. The Morgan fingerprint density at radius 2 is 1.82 bits per heavy atom. The van der Waals surface area contributed by atoms with Gasteiger partial charge in [-0.15, -0.1) is 0 Å². The average molecular weight is 299 g/mol. The van der Waals surface area contributed by atoms with Crippen LogP contribution in [0.1, 0.15) is 32.3 Å². The van der Waals surface area contributed by atoms with E-state index < -0.39 is 5.97 Å². The number of carboxylic acid groups (broad SMARTS) is 1. The van der Waals surface area contributed by atoms with Crippen LogP contribution < -0.4 is 0 Å². The highest BCUT2D eigenvalue weighted by atomic mass is 79.9. The van der Waals surface area contributed by atoms with Crippen molar-refractivity contribution in [2.45, 2.75) is 33.1 Å². The molecule has 0 aliphatic carbocycles. The van der Waals surface area contributed by atoms with Crippen LogP contribution in [0.15, 0.2) is 28.7 Å². The molecule has 0 saturated carbocycles. The molecule has 0 heterocycles. The SMILES string of the molecule is CC(C)CCC(Cc1ccc(Br)cc1)C(=O)O. The van der Waals surface area contributed by atoms with Gasteiger partial charge in [-0.05, 0) is 36.5 Å². The number of carboxylic acids is 1. The van der Waals surface area contributed by atoms with Gasteiger partial charge >= 0.3 is 5.97 Å². The van der Waals surface area contributed by atoms with Crippen LogP contribution in [0.25, 0.3) is 0 Å². The Morgan fingerprint density at radius 3 is 2.29 bits per heavy atom. The minimum absolute atomic E-state index is 0.265. The fourth-order valence-electron chi connectivity index (χ4n) is 1.75. The molecule has 0 aliphatic rings. The maximum atomic E-state index is 11.2. The number of benzene rings is 1. The van der Waals surface area contributed by atoms with Crippen LogP contribution in [-0.2, 0) is 11.2 Å². The Labute approximate surface area is 111 Å². The summed E-state index contributed by atoms with van der Waals surface area (Å²) in [5.74, 6) is -0.395. The molecule has 17 heavy (non-hydrogen) atoms. The number of hydrogen-bond acceptors (Lipinski definition) is 1. The van der Waals surface area contributed by atoms with E-state index in [4.69, 9.17) is 0 Å². The Morgan fingerprint density at radius 1 is 1.24 bits per heavy atom. The van der Waals surface area contributed by atoms with Crippen molar-refractivity contribution < 1.29 is 9.90 Å². The predicted molar refractivity (Wildman–Crippen MR) is 73.0 cm³/mol. The molecule has 1 aromatic rings. The highest BCUT2D eigenvalue weighted by molar-refractivity contribution is 9.10. The molecule has 0 aromatic heterocycles. The van der Waals surface area contributed by atoms with Gasteiger partial charge < -0.3 is 5.11 Å². The van der Waals surface area contributed by atoms with Gasteiger partial charge in [-0.3, -0.25) is 4.79 Å². The van der Waals surface area contributed by atoms with E-state index in [0.717, 1.165) is 22.9 Å². The molecule has 1 N–H and O–H groups in total. The molecule has 1 unspecified atom stereocenters. The van der Waals surface area contributed by atoms with Crippen LogP contribution in [-0.4, -0.2) is 11.1 Å². The number of rotatable bonds is 6. The Bertz CT molecular complexity index is 357. The third-order valence-corrected chi connectivity index (χ3v) is 3.37. The normalized spacial score (nSPS) is 12.7. The molecule has 0 amide bonds. The summed E-state index contributed by atoms with van der Waals surface area (Å²) in [6.07, 6.45) is 2.34. The van der Waals surface area contributed by atoms with E-state index in [9.17, 15) is 9.90 Å². The van der Waals surface area contributed by atoms with Crippen molar-refractivity contribution in [3.63, 3.8) is 0 Å². The smallest absolute Gasteiger partial charge is 0.306 e. The minimum Gasteiger partial charge on any atom is -0.481 e. The highest BCUT2D eigenvalue weighted by Gasteiger charge is 2.18. The summed E-state index contributed by atoms with van der Waals surface area (Å²) in [4.78, 5) is 11.2. The number of aliphatic carboxylic acids is 1. The summed E-state index contributed by atoms with van der Waals surface area (Å²) in [7, 11) is 0. The van der Waals surface area contributed by atoms with Crippen molar-refractivity contribution in [2.75, 3.05) is 0 Å². The van der Waals surface area contributed by atoms with Crippen molar-refractivity contribution >= 4 is 21.9 Å². The Kier molecular flexibility index (Phi) is 5.69. The molecule has 1 aromatic carbocycles. The zero-order valence-electron chi connectivity index (χ0n) is 10.3. The second-order valence-corrected chi connectivity index (χ2v) is 5.75. The molecule has 0 bridgehead atoms. The molecule has 0 radical (unpaired) electrons. The van der Waals surface area contributed by atoms with Gasteiger partial charge in [0.2, 0.25) is 0 Å². The quantitative estimate of drug-likeness (QED) is 0.857. The van der Waals surface area contributed by atoms with Gasteiger partial charge in [0.15, 0.2) is 0 Å². The first-order valence-corrected chi connectivity index (χ1v) is 6.75. The second-order valence-electron chi connectivity index (χ2n) is 4.84. The predicted octanol–water partition coefficient (Wildman–Crippen LogP) is 4.13. The standard InChI is InChI=1S/C14H19BrO2/c1-10(2)3-6-12(14(16)17)9-11-4-7-13(15)8-5-11/h4-5,7-8,10,12H,3,6,9H2,1-2H3,(H,16,17). The molecule has 0 saturated heterocycles. The van der Waals surface area contributed by atoms with Gasteiger partial charge in [-0.25, -0.2) is 0 Å². The lowest BCUT2D eigenvalue weighted by molar-refractivity contribution is -0.142. The fourth-order valence-corrected chi connectivity index (χ4v) is 2.02. The lowest BCUT2D eigenvalue weighted by Crippen LogP contribution is -2.17. The van der Waals surface area contributed by atoms with E-state index in [0.29, 0.717) is 12.3 Å². The minimum atomic E-state index is -0.687. The van der Waals surface area contributed by atoms with Crippen molar-refractivity contribution in [2.24, 2.45) is 11.8 Å². The summed E-state index contributed by atoms with van der Waals surface area (Å²) in [6.45, 7) is 4.25. The molecule has 3 heteroatoms. The first kappa shape index (κ1) is 14.2. The van der Waals surface area contributed by atoms with Crippen LogP contribution in [0, 0.1) is 11.8 Å². The molecular weight excluding hydrogens is 280 g/mol. The first-order chi connectivity index (χ1) is 7.99. The van der Waals surface area contributed by atoms with E-state index in [-0.39, 0.29) is 5.92 Å². The third-order valence-electron chi connectivity index (χ3n) is 2.84. The van der Waals surface area contributed by atoms with E-state index in [1.807, 2.05) is 24.3 Å². The van der Waals surface area contributed by atoms with Gasteiger partial charge in [0.1, 0.15) is 0 Å². The Hall–Kier alpha value is -0.830. The van der Waals surface area contributed by atoms with Crippen LogP contribution in [0.4, 0.5) is 0 Å². The summed E-state index contributed by atoms with van der Waals surface area (Å²) in [6, 6.07) is 7.87. The van der Waals surface area contributed by atoms with Crippen LogP contribution in [0.5, 0.6) is 0 Å². The fraction of sp³-hybridized carbons (Fsp3) is 0.500. The zero-order valence-corrected chi connectivity index (χ0v) is 11.9. The van der Waals surface area contributed by atoms with E-state index >= 15 is 0 Å². The molecule has 2 nitrogen and oxygen atoms in total. The number of halogens is 1. The first-order valence-electron chi connectivity index (χ1n) is 5.96. The second kappa shape index (κ2) is 6.80. The van der Waals surface area contributed by atoms with Gasteiger partial charge in [-0.1, -0.05) is 48.3 Å². The largest absolute Gasteiger partial charge is 0.481 e. The molecule has 1 atom stereocenters. The lowest BCUT2D eigenvalue weighted by Gasteiger charge is -2.13. The third kappa shape index (κ3) is 5.35. The maximum absolute atomic E-state index is 11.2. The molecule has 1 rings (SSSR count). The van der Waals surface area contributed by atoms with Crippen LogP contribution in [0.3, 0.4) is 0 Å². The molecule has 0 spiro atoms. The summed E-state index contributed by atoms with van der Waals surface area (Å²) in [5.41, 5.74) is 1.09. The number of hydrogen-bond donors (Lipinski definition) is 1. The lowest BCUT2D eigenvalue weighted by atomic mass is 9.92. The van der Waals surface area contributed by atoms with Gasteiger partial charge in [0.05, 0.1) is 5.92 Å². The average Bonchev–Trinajstić information content (AvgIpc) is 2.26. The molecule has 94 valence electrons. The van der Waals surface area contributed by atoms with E-state index in [2.05, 4.69) is 29.8 Å². The molecule has 0 fully saturated rings. The summed E-state index contributed by atoms with van der Waals surface area (Å²) >= 11 is 3.37. The van der Waals surface area contributed by atoms with Crippen LogP contribution >= 0.6 is 15.9 Å². The zero-order chi connectivity index (χ0) is 12.8. The summed E-state index contributed by atoms with van der Waals surface area (Å²) in [5, 5.41) is 9.19. The highest BCUT2D eigenvalue weighted by Crippen LogP contribution is 2.19. The van der Waals surface area contributed by atoms with Gasteiger partial charge in [0.25, 0.3) is 0 Å². The van der Waals surface area contributed by atoms with Gasteiger partial charge in [-0.2, -0.15) is 0 Å². The van der Waals surface area contributed by atoms with Crippen molar-refractivity contribution in [1.82, 2.24) is 0 Å². The van der Waals surface area contributed by atoms with Crippen LogP contribution in [0.2, 0.25) is 0 Å². The van der Waals surface area contributed by atoms with Crippen molar-refractivity contribution in [3.05, 3.63) is 34.3 Å². The molecule has 0 aliphatic heterocycles. The maximum Gasteiger partial charge on any atom is 0.306 e. The van der Waals surface area contributed by atoms with Crippen molar-refractivity contribution in [1.29, 1.82) is 0 Å². The van der Waals surface area contributed by atoms with E-state index in [1.54, 1.807) is 0 Å². The monoisotopic (exact) mass is 298 g/mol. The molecular formula is C14H19BrO2. The summed E-state index contributed by atoms with van der Waals surface area (Å²) < 4.78 is 1.02. The topological polar surface area (TPSA) is 37.3 Å². The van der Waals surface area contributed by atoms with E-state index in [1.165, 1.54) is 0 Å². The van der Waals surface area contributed by atoms with Gasteiger partial charge in [0, 0.05) is 4.47 Å². The van der Waals surface area contributed by atoms with Crippen molar-refractivity contribution in [3.8, 4) is 0 Å².